The van der Waals surface area contributed by atoms with Crippen LogP contribution in [0.4, 0.5) is 0 Å². The van der Waals surface area contributed by atoms with Gasteiger partial charge < -0.3 is 4.90 Å². The smallest absolute Gasteiger partial charge is 0.222 e. The molecule has 0 aliphatic heterocycles. The minimum absolute atomic E-state index is 0.291. The third kappa shape index (κ3) is 6.62. The van der Waals surface area contributed by atoms with Crippen LogP contribution in [0.1, 0.15) is 52.4 Å². The highest BCUT2D eigenvalue weighted by molar-refractivity contribution is 5.75. The zero-order valence-corrected chi connectivity index (χ0v) is 9.31. The van der Waals surface area contributed by atoms with E-state index in [9.17, 15) is 4.79 Å². The third-order valence-corrected chi connectivity index (χ3v) is 2.39. The average Bonchev–Trinajstić information content (AvgIpc) is 2.16. The van der Waals surface area contributed by atoms with Crippen LogP contribution in [-0.4, -0.2) is 24.4 Å². The normalized spacial score (nSPS) is 10.1. The molecule has 0 radical (unpaired) electrons. The van der Waals surface area contributed by atoms with Crippen molar-refractivity contribution >= 4 is 5.91 Å². The van der Waals surface area contributed by atoms with Gasteiger partial charge in [-0.15, -0.1) is 0 Å². The van der Waals surface area contributed by atoms with Crippen LogP contribution in [0.3, 0.4) is 0 Å². The van der Waals surface area contributed by atoms with Crippen LogP contribution >= 0.6 is 0 Å². The summed E-state index contributed by atoms with van der Waals surface area (Å²) in [5, 5.41) is 0. The molecular formula is C11H23NO. The maximum Gasteiger partial charge on any atom is 0.222 e. The molecule has 0 aromatic heterocycles. The molecule has 0 atom stereocenters. The van der Waals surface area contributed by atoms with Gasteiger partial charge in [-0.05, 0) is 13.3 Å². The Kier molecular flexibility index (Phi) is 7.76. The number of unbranched alkanes of at least 4 members (excludes halogenated alkanes) is 4. The van der Waals surface area contributed by atoms with Crippen LogP contribution in [-0.2, 0) is 4.79 Å². The second kappa shape index (κ2) is 8.09. The fraction of sp³-hybridized carbons (Fsp3) is 0.909. The first-order valence-electron chi connectivity index (χ1n) is 5.46. The first-order valence-corrected chi connectivity index (χ1v) is 5.46. The highest BCUT2D eigenvalue weighted by atomic mass is 16.2. The van der Waals surface area contributed by atoms with Crippen LogP contribution in [0.5, 0.6) is 0 Å². The topological polar surface area (TPSA) is 20.3 Å². The summed E-state index contributed by atoms with van der Waals surface area (Å²) in [6, 6.07) is 0. The molecule has 0 fully saturated rings. The summed E-state index contributed by atoms with van der Waals surface area (Å²) in [5.41, 5.74) is 0. The summed E-state index contributed by atoms with van der Waals surface area (Å²) in [6.45, 7) is 5.04. The molecule has 78 valence electrons. The van der Waals surface area contributed by atoms with Gasteiger partial charge in [-0.1, -0.05) is 32.6 Å². The van der Waals surface area contributed by atoms with E-state index in [1.165, 1.54) is 25.7 Å². The molecule has 2 nitrogen and oxygen atoms in total. The summed E-state index contributed by atoms with van der Waals surface area (Å²) in [6.07, 6.45) is 6.84. The Hall–Kier alpha value is -0.530. The van der Waals surface area contributed by atoms with E-state index in [0.29, 0.717) is 5.91 Å². The molecule has 2 heteroatoms. The van der Waals surface area contributed by atoms with Gasteiger partial charge >= 0.3 is 0 Å². The fourth-order valence-electron chi connectivity index (χ4n) is 1.25. The van der Waals surface area contributed by atoms with E-state index in [4.69, 9.17) is 0 Å². The Bertz CT molecular complexity index is 134. The van der Waals surface area contributed by atoms with Gasteiger partial charge in [0.1, 0.15) is 0 Å². The molecule has 0 saturated heterocycles. The highest BCUT2D eigenvalue weighted by Crippen LogP contribution is 2.05. The van der Waals surface area contributed by atoms with Crippen LogP contribution in [0, 0.1) is 0 Å². The fourth-order valence-corrected chi connectivity index (χ4v) is 1.25. The van der Waals surface area contributed by atoms with Gasteiger partial charge in [-0.3, -0.25) is 4.79 Å². The number of nitrogens with zero attached hydrogens (tertiary/aromatic N) is 1. The average molecular weight is 185 g/mol. The summed E-state index contributed by atoms with van der Waals surface area (Å²) in [7, 11) is 1.87. The molecule has 0 aliphatic carbocycles. The van der Waals surface area contributed by atoms with Crippen molar-refractivity contribution in [3.63, 3.8) is 0 Å². The van der Waals surface area contributed by atoms with Crippen LogP contribution in [0.2, 0.25) is 0 Å². The van der Waals surface area contributed by atoms with E-state index < -0.39 is 0 Å². The predicted octanol–water partition coefficient (Wildman–Crippen LogP) is 2.83. The van der Waals surface area contributed by atoms with Crippen molar-refractivity contribution in [2.45, 2.75) is 52.4 Å². The standard InChI is InChI=1S/C11H23NO/c1-4-6-7-8-9-10-11(13)12(3)5-2/h4-10H2,1-3H3. The predicted molar refractivity (Wildman–Crippen MR) is 56.7 cm³/mol. The minimum Gasteiger partial charge on any atom is -0.346 e. The lowest BCUT2D eigenvalue weighted by Crippen LogP contribution is -2.25. The first kappa shape index (κ1) is 12.5. The number of carbonyl (C=O) groups excluding carboxylic acids is 1. The first-order chi connectivity index (χ1) is 6.22. The largest absolute Gasteiger partial charge is 0.346 e. The molecule has 0 rings (SSSR count). The van der Waals surface area contributed by atoms with Crippen LogP contribution in [0.15, 0.2) is 0 Å². The summed E-state index contributed by atoms with van der Waals surface area (Å²) < 4.78 is 0. The maximum absolute atomic E-state index is 11.3. The zero-order chi connectivity index (χ0) is 10.1. The van der Waals surface area contributed by atoms with Gasteiger partial charge in [0.25, 0.3) is 0 Å². The summed E-state index contributed by atoms with van der Waals surface area (Å²) >= 11 is 0. The molecule has 1 amide bonds. The SMILES string of the molecule is CCCCCCCC(=O)N(C)CC. The van der Waals surface area contributed by atoms with Crippen molar-refractivity contribution in [1.82, 2.24) is 4.90 Å². The van der Waals surface area contributed by atoms with Gasteiger partial charge in [0, 0.05) is 20.0 Å². The molecule has 0 aromatic carbocycles. The monoisotopic (exact) mass is 185 g/mol. The van der Waals surface area contributed by atoms with Crippen molar-refractivity contribution < 1.29 is 4.79 Å². The van der Waals surface area contributed by atoms with Crippen molar-refractivity contribution in [3.8, 4) is 0 Å². The second-order valence-electron chi connectivity index (χ2n) is 3.57. The van der Waals surface area contributed by atoms with E-state index in [-0.39, 0.29) is 0 Å². The van der Waals surface area contributed by atoms with Gasteiger partial charge in [0.05, 0.1) is 0 Å². The molecule has 0 aromatic rings. The molecule has 0 spiro atoms. The summed E-state index contributed by atoms with van der Waals surface area (Å²) in [4.78, 5) is 13.1. The van der Waals surface area contributed by atoms with E-state index in [1.807, 2.05) is 14.0 Å². The number of amides is 1. The second-order valence-corrected chi connectivity index (χ2v) is 3.57. The lowest BCUT2D eigenvalue weighted by atomic mass is 10.1. The van der Waals surface area contributed by atoms with Crippen LogP contribution in [0.25, 0.3) is 0 Å². The van der Waals surface area contributed by atoms with E-state index in [0.717, 1.165) is 19.4 Å². The quantitative estimate of drug-likeness (QED) is 0.558. The van der Waals surface area contributed by atoms with Crippen molar-refractivity contribution in [3.05, 3.63) is 0 Å². The highest BCUT2D eigenvalue weighted by Gasteiger charge is 2.04. The Labute approximate surface area is 82.3 Å². The molecular weight excluding hydrogens is 162 g/mol. The Morgan fingerprint density at radius 1 is 1.08 bits per heavy atom. The third-order valence-electron chi connectivity index (χ3n) is 2.39. The number of hydrogen-bond donors (Lipinski definition) is 0. The molecule has 0 saturated carbocycles. The van der Waals surface area contributed by atoms with E-state index in [2.05, 4.69) is 6.92 Å². The van der Waals surface area contributed by atoms with Crippen LogP contribution < -0.4 is 0 Å². The Morgan fingerprint density at radius 2 is 1.69 bits per heavy atom. The molecule has 0 bridgehead atoms. The van der Waals surface area contributed by atoms with Crippen molar-refractivity contribution in [1.29, 1.82) is 0 Å². The maximum atomic E-state index is 11.3. The molecule has 0 aliphatic rings. The summed E-state index contributed by atoms with van der Waals surface area (Å²) in [5.74, 6) is 0.291. The van der Waals surface area contributed by atoms with Gasteiger partial charge in [-0.25, -0.2) is 0 Å². The lowest BCUT2D eigenvalue weighted by Gasteiger charge is -2.13. The van der Waals surface area contributed by atoms with E-state index >= 15 is 0 Å². The van der Waals surface area contributed by atoms with Crippen molar-refractivity contribution in [2.75, 3.05) is 13.6 Å². The van der Waals surface area contributed by atoms with E-state index in [1.54, 1.807) is 4.90 Å². The number of hydrogen-bond acceptors (Lipinski definition) is 1. The number of carbonyl (C=O) groups is 1. The van der Waals surface area contributed by atoms with Gasteiger partial charge in [-0.2, -0.15) is 0 Å². The van der Waals surface area contributed by atoms with Gasteiger partial charge in [0.15, 0.2) is 0 Å². The Balaban J connectivity index is 3.27. The lowest BCUT2D eigenvalue weighted by molar-refractivity contribution is -0.129. The van der Waals surface area contributed by atoms with Gasteiger partial charge in [0.2, 0.25) is 5.91 Å². The number of rotatable bonds is 7. The van der Waals surface area contributed by atoms with Crippen molar-refractivity contribution in [2.24, 2.45) is 0 Å². The molecule has 0 heterocycles. The minimum atomic E-state index is 0.291. The zero-order valence-electron chi connectivity index (χ0n) is 9.31. The molecule has 13 heavy (non-hydrogen) atoms. The molecule has 0 N–H and O–H groups in total. The Morgan fingerprint density at radius 3 is 2.23 bits per heavy atom. The molecule has 0 unspecified atom stereocenters.